The Morgan fingerprint density at radius 2 is 1.82 bits per heavy atom. The maximum absolute atomic E-state index is 4.98. The number of nitrogens with zero attached hydrogens (tertiary/aromatic N) is 1. The van der Waals surface area contributed by atoms with Crippen LogP contribution in [-0.2, 0) is 9.47 Å². The number of ether oxygens (including phenoxy) is 2. The van der Waals surface area contributed by atoms with Gasteiger partial charge in [-0.3, -0.25) is 4.99 Å². The van der Waals surface area contributed by atoms with Gasteiger partial charge in [0.1, 0.15) is 0 Å². The van der Waals surface area contributed by atoms with E-state index in [0.29, 0.717) is 17.2 Å². The molecule has 0 radical (unpaired) electrons. The number of aliphatic imine (C=N–C) groups is 1. The lowest BCUT2D eigenvalue weighted by Crippen LogP contribution is -1.96. The predicted molar refractivity (Wildman–Crippen MR) is 45.4 cm³/mol. The van der Waals surface area contributed by atoms with Gasteiger partial charge in [0.2, 0.25) is 0 Å². The van der Waals surface area contributed by atoms with Gasteiger partial charge in [0.25, 0.3) is 0 Å². The summed E-state index contributed by atoms with van der Waals surface area (Å²) in [6.45, 7) is 8.76. The van der Waals surface area contributed by atoms with E-state index in [1.54, 1.807) is 6.92 Å². The lowest BCUT2D eigenvalue weighted by atomic mass is 10.3. The second-order valence-corrected chi connectivity index (χ2v) is 1.90. The number of hydrogen-bond donors (Lipinski definition) is 0. The van der Waals surface area contributed by atoms with Gasteiger partial charge < -0.3 is 9.47 Å². The molecule has 62 valence electrons. The first-order chi connectivity index (χ1) is 5.17. The van der Waals surface area contributed by atoms with E-state index in [2.05, 4.69) is 18.3 Å². The Hall–Kier alpha value is -1.25. The van der Waals surface area contributed by atoms with Crippen molar-refractivity contribution in [3.63, 3.8) is 0 Å². The van der Waals surface area contributed by atoms with Gasteiger partial charge in [-0.25, -0.2) is 0 Å². The largest absolute Gasteiger partial charge is 0.493 e. The summed E-state index contributed by atoms with van der Waals surface area (Å²) < 4.78 is 9.84. The minimum atomic E-state index is 0.456. The SMILES string of the molecule is C=N/C(C)=C(/OC)C(=C)OC. The van der Waals surface area contributed by atoms with E-state index >= 15 is 0 Å². The summed E-state index contributed by atoms with van der Waals surface area (Å²) in [4.78, 5) is 3.69. The van der Waals surface area contributed by atoms with Crippen LogP contribution < -0.4 is 0 Å². The fraction of sp³-hybridized carbons (Fsp3) is 0.375. The zero-order valence-electron chi connectivity index (χ0n) is 7.18. The first-order valence-corrected chi connectivity index (χ1v) is 3.12. The van der Waals surface area contributed by atoms with Crippen LogP contribution in [0.25, 0.3) is 0 Å². The molecule has 0 unspecified atom stereocenters. The fourth-order valence-corrected chi connectivity index (χ4v) is 0.628. The highest BCUT2D eigenvalue weighted by Crippen LogP contribution is 2.14. The Bertz CT molecular complexity index is 194. The van der Waals surface area contributed by atoms with E-state index in [1.807, 2.05) is 0 Å². The van der Waals surface area contributed by atoms with Crippen LogP contribution in [0.2, 0.25) is 0 Å². The fourth-order valence-electron chi connectivity index (χ4n) is 0.628. The van der Waals surface area contributed by atoms with Gasteiger partial charge in [-0.2, -0.15) is 0 Å². The van der Waals surface area contributed by atoms with Crippen LogP contribution >= 0.6 is 0 Å². The van der Waals surface area contributed by atoms with Crippen LogP contribution in [-0.4, -0.2) is 20.9 Å². The monoisotopic (exact) mass is 155 g/mol. The molecule has 0 bridgehead atoms. The molecule has 0 N–H and O–H groups in total. The number of methoxy groups -OCH3 is 2. The molecule has 0 heterocycles. The lowest BCUT2D eigenvalue weighted by molar-refractivity contribution is 0.218. The van der Waals surface area contributed by atoms with Gasteiger partial charge in [-0.1, -0.05) is 6.58 Å². The van der Waals surface area contributed by atoms with Crippen LogP contribution in [0.5, 0.6) is 0 Å². The highest BCUT2D eigenvalue weighted by molar-refractivity contribution is 5.32. The molecule has 0 saturated carbocycles. The van der Waals surface area contributed by atoms with Gasteiger partial charge in [0.15, 0.2) is 11.5 Å². The quantitative estimate of drug-likeness (QED) is 0.351. The second-order valence-electron chi connectivity index (χ2n) is 1.90. The van der Waals surface area contributed by atoms with Crippen molar-refractivity contribution in [2.24, 2.45) is 4.99 Å². The standard InChI is InChI=1S/C8H13NO2/c1-6(9-3)8(11-5)7(2)10-4/h2-3H2,1,4-5H3/b8-6+. The maximum atomic E-state index is 4.98. The van der Waals surface area contributed by atoms with Crippen molar-refractivity contribution in [2.75, 3.05) is 14.2 Å². The van der Waals surface area contributed by atoms with E-state index in [-0.39, 0.29) is 0 Å². The van der Waals surface area contributed by atoms with Crippen molar-refractivity contribution in [2.45, 2.75) is 6.92 Å². The van der Waals surface area contributed by atoms with Crippen LogP contribution in [0.3, 0.4) is 0 Å². The summed E-state index contributed by atoms with van der Waals surface area (Å²) in [5.41, 5.74) is 0.666. The first kappa shape index (κ1) is 9.75. The number of allylic oxidation sites excluding steroid dienone is 1. The molecule has 0 aromatic carbocycles. The first-order valence-electron chi connectivity index (χ1n) is 3.12. The van der Waals surface area contributed by atoms with Crippen molar-refractivity contribution in [3.8, 4) is 0 Å². The number of rotatable bonds is 4. The summed E-state index contributed by atoms with van der Waals surface area (Å²) in [6, 6.07) is 0. The molecule has 0 aliphatic carbocycles. The van der Waals surface area contributed by atoms with Gasteiger partial charge in [-0.05, 0) is 13.6 Å². The van der Waals surface area contributed by atoms with Crippen molar-refractivity contribution in [1.29, 1.82) is 0 Å². The molecule has 0 amide bonds. The van der Waals surface area contributed by atoms with Gasteiger partial charge in [-0.15, -0.1) is 0 Å². The molecular weight excluding hydrogens is 142 g/mol. The van der Waals surface area contributed by atoms with Crippen molar-refractivity contribution in [1.82, 2.24) is 0 Å². The van der Waals surface area contributed by atoms with Crippen LogP contribution in [0.4, 0.5) is 0 Å². The van der Waals surface area contributed by atoms with Crippen molar-refractivity contribution in [3.05, 3.63) is 23.8 Å². The Morgan fingerprint density at radius 1 is 1.27 bits per heavy atom. The van der Waals surface area contributed by atoms with E-state index in [1.165, 1.54) is 14.2 Å². The van der Waals surface area contributed by atoms with E-state index in [0.717, 1.165) is 0 Å². The average molecular weight is 155 g/mol. The van der Waals surface area contributed by atoms with Gasteiger partial charge >= 0.3 is 0 Å². The average Bonchev–Trinajstić information content (AvgIpc) is 2.05. The minimum Gasteiger partial charge on any atom is -0.493 e. The third kappa shape index (κ3) is 2.45. The normalized spacial score (nSPS) is 11.5. The Morgan fingerprint density at radius 3 is 2.09 bits per heavy atom. The smallest absolute Gasteiger partial charge is 0.181 e. The zero-order valence-corrected chi connectivity index (χ0v) is 7.18. The van der Waals surface area contributed by atoms with Crippen LogP contribution in [0, 0.1) is 0 Å². The molecule has 0 aliphatic heterocycles. The molecule has 0 saturated heterocycles. The highest BCUT2D eigenvalue weighted by atomic mass is 16.5. The molecule has 0 aromatic rings. The van der Waals surface area contributed by atoms with Gasteiger partial charge in [0, 0.05) is 0 Å². The van der Waals surface area contributed by atoms with E-state index in [4.69, 9.17) is 9.47 Å². The summed E-state index contributed by atoms with van der Waals surface area (Å²) in [5, 5.41) is 0. The van der Waals surface area contributed by atoms with Gasteiger partial charge in [0.05, 0.1) is 19.9 Å². The molecule has 3 nitrogen and oxygen atoms in total. The Kier molecular flexibility index (Phi) is 4.03. The summed E-state index contributed by atoms with van der Waals surface area (Å²) in [5.74, 6) is 0.986. The molecule has 0 fully saturated rings. The molecule has 0 atom stereocenters. The Balaban J connectivity index is 4.64. The molecule has 0 spiro atoms. The van der Waals surface area contributed by atoms with E-state index < -0.39 is 0 Å². The van der Waals surface area contributed by atoms with E-state index in [9.17, 15) is 0 Å². The third-order valence-corrected chi connectivity index (χ3v) is 1.27. The molecule has 0 aromatic heterocycles. The molecular formula is C8H13NO2. The Labute approximate surface area is 67.0 Å². The zero-order chi connectivity index (χ0) is 8.85. The molecule has 3 heteroatoms. The molecule has 0 aliphatic rings. The number of hydrogen-bond acceptors (Lipinski definition) is 3. The van der Waals surface area contributed by atoms with Crippen molar-refractivity contribution >= 4 is 6.72 Å². The third-order valence-electron chi connectivity index (χ3n) is 1.27. The summed E-state index contributed by atoms with van der Waals surface area (Å²) in [7, 11) is 3.06. The minimum absolute atomic E-state index is 0.456. The molecule has 11 heavy (non-hydrogen) atoms. The highest BCUT2D eigenvalue weighted by Gasteiger charge is 2.05. The van der Waals surface area contributed by atoms with Crippen molar-refractivity contribution < 1.29 is 9.47 Å². The molecule has 0 rings (SSSR count). The van der Waals surface area contributed by atoms with Crippen LogP contribution in [0.15, 0.2) is 28.8 Å². The summed E-state index contributed by atoms with van der Waals surface area (Å²) >= 11 is 0. The lowest BCUT2D eigenvalue weighted by Gasteiger charge is -2.08. The summed E-state index contributed by atoms with van der Waals surface area (Å²) in [6.07, 6.45) is 0. The topological polar surface area (TPSA) is 30.8 Å². The van der Waals surface area contributed by atoms with Crippen LogP contribution in [0.1, 0.15) is 6.92 Å². The second kappa shape index (κ2) is 4.55. The maximum Gasteiger partial charge on any atom is 0.181 e. The predicted octanol–water partition coefficient (Wildman–Crippen LogP) is 1.72.